The molecule has 204 valence electrons. The minimum Gasteiger partial charge on any atom is -0.478 e. The van der Waals surface area contributed by atoms with Crippen LogP contribution in [0.3, 0.4) is 0 Å². The first kappa shape index (κ1) is 27.5. The Morgan fingerprint density at radius 2 is 1.62 bits per heavy atom. The van der Waals surface area contributed by atoms with Crippen LogP contribution in [-0.4, -0.2) is 38.9 Å². The molecule has 2 heterocycles. The molecule has 1 fully saturated rings. The molecule has 8 nitrogen and oxygen atoms in total. The number of anilines is 1. The predicted molar refractivity (Wildman–Crippen MR) is 151 cm³/mol. The molecule has 1 aromatic heterocycles. The monoisotopic (exact) mass is 556 g/mol. The molecule has 1 aliphatic heterocycles. The summed E-state index contributed by atoms with van der Waals surface area (Å²) in [5.41, 5.74) is 4.00. The number of amides is 1. The van der Waals surface area contributed by atoms with Gasteiger partial charge in [-0.1, -0.05) is 36.4 Å². The van der Waals surface area contributed by atoms with Gasteiger partial charge in [-0.25, -0.2) is 4.79 Å². The summed E-state index contributed by atoms with van der Waals surface area (Å²) in [6.07, 6.45) is 2.77. The third-order valence-corrected chi connectivity index (χ3v) is 7.66. The number of pyridine rings is 1. The Bertz CT molecular complexity index is 1430. The minimum atomic E-state index is -0.954. The smallest absolute Gasteiger partial charge is 0.335 e. The van der Waals surface area contributed by atoms with Gasteiger partial charge in [-0.3, -0.25) is 9.78 Å². The van der Waals surface area contributed by atoms with Crippen molar-refractivity contribution >= 4 is 29.3 Å². The zero-order valence-electron chi connectivity index (χ0n) is 21.5. The molecule has 3 aromatic carbocycles. The summed E-state index contributed by atoms with van der Waals surface area (Å²) >= 11 is 1.60. The zero-order chi connectivity index (χ0) is 27.9. The molecule has 0 radical (unpaired) electrons. The topological polar surface area (TPSA) is 118 Å². The van der Waals surface area contributed by atoms with Crippen molar-refractivity contribution < 1.29 is 29.3 Å². The zero-order valence-corrected chi connectivity index (χ0v) is 22.3. The number of aromatic carboxylic acids is 1. The highest BCUT2D eigenvalue weighted by atomic mass is 32.2. The van der Waals surface area contributed by atoms with Gasteiger partial charge in [0.05, 0.1) is 29.9 Å². The Morgan fingerprint density at radius 3 is 2.27 bits per heavy atom. The average molecular weight is 557 g/mol. The van der Waals surface area contributed by atoms with E-state index < -0.39 is 12.3 Å². The van der Waals surface area contributed by atoms with Crippen molar-refractivity contribution in [3.8, 4) is 0 Å². The maximum absolute atomic E-state index is 12.5. The van der Waals surface area contributed by atoms with E-state index in [1.165, 1.54) is 6.20 Å². The van der Waals surface area contributed by atoms with Crippen LogP contribution in [0.4, 0.5) is 5.69 Å². The number of rotatable bonds is 9. The van der Waals surface area contributed by atoms with E-state index in [1.807, 2.05) is 48.5 Å². The number of carbonyl (C=O) groups excluding carboxylic acids is 1. The number of thioether (sulfide) groups is 1. The lowest BCUT2D eigenvalue weighted by Crippen LogP contribution is -2.31. The molecule has 3 unspecified atom stereocenters. The molecule has 1 amide bonds. The Morgan fingerprint density at radius 1 is 0.900 bits per heavy atom. The number of hydrogen-bond donors (Lipinski definition) is 3. The van der Waals surface area contributed by atoms with Crippen LogP contribution in [0.15, 0.2) is 102 Å². The molecule has 5 rings (SSSR count). The van der Waals surface area contributed by atoms with Gasteiger partial charge in [-0.05, 0) is 59.7 Å². The number of ether oxygens (including phenoxy) is 2. The van der Waals surface area contributed by atoms with Crippen LogP contribution in [0.1, 0.15) is 56.2 Å². The lowest BCUT2D eigenvalue weighted by molar-refractivity contribution is -0.245. The van der Waals surface area contributed by atoms with Crippen LogP contribution < -0.4 is 5.32 Å². The van der Waals surface area contributed by atoms with E-state index >= 15 is 0 Å². The fourth-order valence-electron chi connectivity index (χ4n) is 4.33. The second kappa shape index (κ2) is 12.9. The van der Waals surface area contributed by atoms with E-state index in [4.69, 9.17) is 14.6 Å². The van der Waals surface area contributed by atoms with Gasteiger partial charge in [0.25, 0.3) is 5.91 Å². The summed E-state index contributed by atoms with van der Waals surface area (Å²) in [7, 11) is 0. The fraction of sp³-hybridized carbons (Fsp3) is 0.194. The Kier molecular flexibility index (Phi) is 8.87. The van der Waals surface area contributed by atoms with E-state index in [1.54, 1.807) is 54.4 Å². The van der Waals surface area contributed by atoms with Gasteiger partial charge >= 0.3 is 5.97 Å². The molecule has 1 saturated heterocycles. The Hall–Kier alpha value is -4.02. The SMILES string of the molecule is O=C(O)c1ccc(SCC2CC(c3ccc(CO)cc3)OC(c3ccc(NC(=O)c4cccnc4)cc3)O2)cc1. The van der Waals surface area contributed by atoms with E-state index in [2.05, 4.69) is 10.3 Å². The molecule has 3 N–H and O–H groups in total. The van der Waals surface area contributed by atoms with E-state index in [-0.39, 0.29) is 30.3 Å². The van der Waals surface area contributed by atoms with Crippen LogP contribution in [0.25, 0.3) is 0 Å². The number of nitrogens with zero attached hydrogens (tertiary/aromatic N) is 1. The summed E-state index contributed by atoms with van der Waals surface area (Å²) in [4.78, 5) is 28.6. The van der Waals surface area contributed by atoms with Gasteiger partial charge < -0.3 is 25.0 Å². The summed E-state index contributed by atoms with van der Waals surface area (Å²) in [6, 6.07) is 25.3. The molecular weight excluding hydrogens is 528 g/mol. The third kappa shape index (κ3) is 6.94. The van der Waals surface area contributed by atoms with Crippen molar-refractivity contribution in [2.24, 2.45) is 0 Å². The summed E-state index contributed by atoms with van der Waals surface area (Å²) < 4.78 is 12.8. The second-order valence-electron chi connectivity index (χ2n) is 9.31. The van der Waals surface area contributed by atoms with Crippen molar-refractivity contribution in [1.29, 1.82) is 0 Å². The molecule has 1 aliphatic rings. The number of benzene rings is 3. The lowest BCUT2D eigenvalue weighted by atomic mass is 10.0. The van der Waals surface area contributed by atoms with Gasteiger partial charge in [0.2, 0.25) is 0 Å². The predicted octanol–water partition coefficient (Wildman–Crippen LogP) is 5.86. The standard InChI is InChI=1S/C31H28N2O6S/c34-18-20-3-5-21(6-4-20)28-16-26(19-40-27-13-9-22(10-14-27)30(36)37)38-31(39-28)23-7-11-25(12-8-23)33-29(35)24-2-1-15-32-17-24/h1-15,17,26,28,31,34H,16,18-19H2,(H,33,35)(H,36,37). The van der Waals surface area contributed by atoms with Crippen LogP contribution in [-0.2, 0) is 16.1 Å². The van der Waals surface area contributed by atoms with Crippen LogP contribution in [0.5, 0.6) is 0 Å². The number of hydrogen-bond acceptors (Lipinski definition) is 7. The molecule has 0 spiro atoms. The summed E-state index contributed by atoms with van der Waals surface area (Å²) in [6.45, 7) is -0.0266. The largest absolute Gasteiger partial charge is 0.478 e. The van der Waals surface area contributed by atoms with Crippen molar-refractivity contribution in [2.75, 3.05) is 11.1 Å². The fourth-order valence-corrected chi connectivity index (χ4v) is 5.25. The number of aromatic nitrogens is 1. The minimum absolute atomic E-state index is 0.0266. The molecule has 0 bridgehead atoms. The van der Waals surface area contributed by atoms with Gasteiger partial charge in [0, 0.05) is 40.7 Å². The van der Waals surface area contributed by atoms with Crippen LogP contribution in [0, 0.1) is 0 Å². The van der Waals surface area contributed by atoms with E-state index in [9.17, 15) is 14.7 Å². The third-order valence-electron chi connectivity index (χ3n) is 6.52. The summed E-state index contributed by atoms with van der Waals surface area (Å²) in [5.74, 6) is -0.549. The van der Waals surface area contributed by atoms with Gasteiger partial charge in [-0.2, -0.15) is 0 Å². The normalized spacial score (nSPS) is 18.7. The van der Waals surface area contributed by atoms with Crippen molar-refractivity contribution in [3.05, 3.63) is 125 Å². The van der Waals surface area contributed by atoms with Gasteiger partial charge in [-0.15, -0.1) is 11.8 Å². The number of carbonyl (C=O) groups is 2. The maximum Gasteiger partial charge on any atom is 0.335 e. The first-order valence-electron chi connectivity index (χ1n) is 12.8. The molecule has 40 heavy (non-hydrogen) atoms. The van der Waals surface area contributed by atoms with Crippen molar-refractivity contribution in [3.63, 3.8) is 0 Å². The highest BCUT2D eigenvalue weighted by molar-refractivity contribution is 7.99. The van der Waals surface area contributed by atoms with Crippen LogP contribution >= 0.6 is 11.8 Å². The quantitative estimate of drug-likeness (QED) is 0.219. The highest BCUT2D eigenvalue weighted by Crippen LogP contribution is 2.39. The molecule has 0 saturated carbocycles. The van der Waals surface area contributed by atoms with Gasteiger partial charge in [0.1, 0.15) is 0 Å². The van der Waals surface area contributed by atoms with E-state index in [0.717, 1.165) is 21.6 Å². The number of carboxylic acids is 1. The number of nitrogens with one attached hydrogen (secondary N) is 1. The van der Waals surface area contributed by atoms with Gasteiger partial charge in [0.15, 0.2) is 6.29 Å². The number of carboxylic acid groups (broad SMARTS) is 1. The van der Waals surface area contributed by atoms with E-state index in [0.29, 0.717) is 23.4 Å². The highest BCUT2D eigenvalue weighted by Gasteiger charge is 2.32. The van der Waals surface area contributed by atoms with Crippen molar-refractivity contribution in [2.45, 2.75) is 36.4 Å². The number of aliphatic hydroxyl groups excluding tert-OH is 1. The summed E-state index contributed by atoms with van der Waals surface area (Å²) in [5, 5.41) is 21.4. The van der Waals surface area contributed by atoms with Crippen molar-refractivity contribution in [1.82, 2.24) is 4.98 Å². The molecule has 0 aliphatic carbocycles. The maximum atomic E-state index is 12.5. The molecule has 4 aromatic rings. The Labute approximate surface area is 236 Å². The molecular formula is C31H28N2O6S. The first-order valence-corrected chi connectivity index (χ1v) is 13.7. The number of aliphatic hydroxyl groups is 1. The lowest BCUT2D eigenvalue weighted by Gasteiger charge is -2.36. The Balaban J connectivity index is 1.30. The van der Waals surface area contributed by atoms with Crippen LogP contribution in [0.2, 0.25) is 0 Å². The molecule has 9 heteroatoms. The molecule has 3 atom stereocenters. The second-order valence-corrected chi connectivity index (χ2v) is 10.4. The average Bonchev–Trinajstić information content (AvgIpc) is 3.01. The first-order chi connectivity index (χ1) is 19.5.